The van der Waals surface area contributed by atoms with E-state index in [0.717, 1.165) is 30.6 Å². The first kappa shape index (κ1) is 12.0. The van der Waals surface area contributed by atoms with E-state index >= 15 is 0 Å². The largest absolute Gasteiger partial charge is 0.471 e. The highest BCUT2D eigenvalue weighted by atomic mass is 16.5. The molecule has 2 aliphatic rings. The van der Waals surface area contributed by atoms with Gasteiger partial charge in [0.1, 0.15) is 5.60 Å². The molecule has 100 valence electrons. The second-order valence-corrected chi connectivity index (χ2v) is 5.86. The Hall–Kier alpha value is -1.03. The summed E-state index contributed by atoms with van der Waals surface area (Å²) in [7, 11) is 1.96. The van der Waals surface area contributed by atoms with E-state index < -0.39 is 0 Å². The highest BCUT2D eigenvalue weighted by molar-refractivity contribution is 5.16. The van der Waals surface area contributed by atoms with E-state index in [1.807, 2.05) is 24.7 Å². The molecule has 4 nitrogen and oxygen atoms in total. The van der Waals surface area contributed by atoms with E-state index in [9.17, 15) is 0 Å². The van der Waals surface area contributed by atoms with E-state index in [-0.39, 0.29) is 5.60 Å². The second kappa shape index (κ2) is 4.57. The predicted octanol–water partition coefficient (Wildman–Crippen LogP) is 2.17. The quantitative estimate of drug-likeness (QED) is 0.840. The van der Waals surface area contributed by atoms with Crippen LogP contribution in [0.1, 0.15) is 44.2 Å². The molecule has 2 fully saturated rings. The number of hydrogen-bond acceptors (Lipinski definition) is 3. The van der Waals surface area contributed by atoms with Crippen LogP contribution in [-0.4, -0.2) is 28.0 Å². The lowest BCUT2D eigenvalue weighted by Crippen LogP contribution is -2.45. The lowest BCUT2D eigenvalue weighted by atomic mass is 9.77. The zero-order chi connectivity index (χ0) is 12.6. The fraction of sp³-hybridized carbons (Fsp3) is 0.786. The molecule has 4 heteroatoms. The minimum atomic E-state index is 0.0716. The van der Waals surface area contributed by atoms with Gasteiger partial charge in [-0.1, -0.05) is 0 Å². The van der Waals surface area contributed by atoms with Gasteiger partial charge in [0.05, 0.1) is 5.69 Å². The van der Waals surface area contributed by atoms with Crippen LogP contribution in [0.5, 0.6) is 5.88 Å². The molecule has 1 aromatic rings. The average molecular weight is 249 g/mol. The fourth-order valence-electron chi connectivity index (χ4n) is 2.67. The number of hydrogen-bond donors (Lipinski definition) is 1. The number of aromatic nitrogens is 2. The van der Waals surface area contributed by atoms with Crippen LogP contribution in [0.4, 0.5) is 0 Å². The standard InChI is InChI=1S/C14H23N3O/c1-11-10-13(17(2)16-11)18-14(6-3-7-14)8-9-15-12-4-5-12/h10,12,15H,3-9H2,1-2H3. The Morgan fingerprint density at radius 2 is 2.28 bits per heavy atom. The van der Waals surface area contributed by atoms with Crippen molar-refractivity contribution in [3.8, 4) is 5.88 Å². The van der Waals surface area contributed by atoms with Crippen LogP contribution >= 0.6 is 0 Å². The SMILES string of the molecule is Cc1cc(OC2(CCNC3CC3)CCC2)n(C)n1. The summed E-state index contributed by atoms with van der Waals surface area (Å²) in [4.78, 5) is 0. The Balaban J connectivity index is 1.58. The molecule has 0 amide bonds. The molecule has 0 spiro atoms. The van der Waals surface area contributed by atoms with Gasteiger partial charge in [-0.3, -0.25) is 0 Å². The maximum Gasteiger partial charge on any atom is 0.212 e. The summed E-state index contributed by atoms with van der Waals surface area (Å²) < 4.78 is 8.10. The summed E-state index contributed by atoms with van der Waals surface area (Å²) >= 11 is 0. The summed E-state index contributed by atoms with van der Waals surface area (Å²) in [6.45, 7) is 3.09. The van der Waals surface area contributed by atoms with Gasteiger partial charge in [-0.05, 0) is 52.0 Å². The molecular formula is C14H23N3O. The summed E-state index contributed by atoms with van der Waals surface area (Å²) in [5, 5.41) is 7.93. The van der Waals surface area contributed by atoms with Gasteiger partial charge in [0.15, 0.2) is 0 Å². The normalized spacial score (nSPS) is 21.7. The van der Waals surface area contributed by atoms with Crippen LogP contribution < -0.4 is 10.1 Å². The van der Waals surface area contributed by atoms with Crippen LogP contribution in [-0.2, 0) is 7.05 Å². The zero-order valence-electron chi connectivity index (χ0n) is 11.4. The lowest BCUT2D eigenvalue weighted by molar-refractivity contribution is -0.0210. The van der Waals surface area contributed by atoms with Gasteiger partial charge in [0.2, 0.25) is 5.88 Å². The van der Waals surface area contributed by atoms with Crippen molar-refractivity contribution in [1.82, 2.24) is 15.1 Å². The first-order valence-corrected chi connectivity index (χ1v) is 7.10. The lowest BCUT2D eigenvalue weighted by Gasteiger charge is -2.41. The van der Waals surface area contributed by atoms with E-state index in [2.05, 4.69) is 10.4 Å². The van der Waals surface area contributed by atoms with Crippen LogP contribution in [0.3, 0.4) is 0 Å². The molecule has 1 aromatic heterocycles. The molecule has 1 heterocycles. The van der Waals surface area contributed by atoms with Gasteiger partial charge in [-0.15, -0.1) is 0 Å². The molecule has 2 saturated carbocycles. The van der Waals surface area contributed by atoms with Crippen molar-refractivity contribution in [1.29, 1.82) is 0 Å². The third-order valence-electron chi connectivity index (χ3n) is 4.14. The monoisotopic (exact) mass is 249 g/mol. The third kappa shape index (κ3) is 2.53. The smallest absolute Gasteiger partial charge is 0.212 e. The molecule has 0 saturated heterocycles. The Morgan fingerprint density at radius 1 is 1.50 bits per heavy atom. The van der Waals surface area contributed by atoms with Crippen molar-refractivity contribution in [3.05, 3.63) is 11.8 Å². The first-order chi connectivity index (χ1) is 8.67. The minimum absolute atomic E-state index is 0.0716. The topological polar surface area (TPSA) is 39.1 Å². The average Bonchev–Trinajstić information content (AvgIpc) is 3.02. The Kier molecular flexibility index (Phi) is 3.06. The van der Waals surface area contributed by atoms with E-state index in [1.165, 1.54) is 32.1 Å². The minimum Gasteiger partial charge on any atom is -0.471 e. The molecule has 3 rings (SSSR count). The molecule has 0 aliphatic heterocycles. The predicted molar refractivity (Wildman–Crippen MR) is 70.8 cm³/mol. The number of aryl methyl sites for hydroxylation is 2. The Bertz CT molecular complexity index is 419. The second-order valence-electron chi connectivity index (χ2n) is 5.86. The van der Waals surface area contributed by atoms with Gasteiger partial charge in [0, 0.05) is 19.2 Å². The third-order valence-corrected chi connectivity index (χ3v) is 4.14. The zero-order valence-corrected chi connectivity index (χ0v) is 11.4. The molecule has 0 aromatic carbocycles. The maximum atomic E-state index is 6.25. The van der Waals surface area contributed by atoms with Gasteiger partial charge in [-0.25, -0.2) is 4.68 Å². The van der Waals surface area contributed by atoms with Crippen LogP contribution in [0.25, 0.3) is 0 Å². The molecule has 18 heavy (non-hydrogen) atoms. The number of nitrogens with one attached hydrogen (secondary N) is 1. The van der Waals surface area contributed by atoms with Crippen LogP contribution in [0.15, 0.2) is 6.07 Å². The van der Waals surface area contributed by atoms with Gasteiger partial charge < -0.3 is 10.1 Å². The molecular weight excluding hydrogens is 226 g/mol. The summed E-state index contributed by atoms with van der Waals surface area (Å²) in [5.74, 6) is 0.915. The fourth-order valence-corrected chi connectivity index (χ4v) is 2.67. The number of ether oxygens (including phenoxy) is 1. The van der Waals surface area contributed by atoms with Crippen molar-refractivity contribution < 1.29 is 4.74 Å². The molecule has 0 radical (unpaired) electrons. The van der Waals surface area contributed by atoms with E-state index in [4.69, 9.17) is 4.74 Å². The van der Waals surface area contributed by atoms with Crippen LogP contribution in [0.2, 0.25) is 0 Å². The highest BCUT2D eigenvalue weighted by Crippen LogP contribution is 2.39. The molecule has 0 unspecified atom stereocenters. The van der Waals surface area contributed by atoms with Crippen molar-refractivity contribution in [2.24, 2.45) is 7.05 Å². The van der Waals surface area contributed by atoms with E-state index in [1.54, 1.807) is 0 Å². The summed E-state index contributed by atoms with van der Waals surface area (Å²) in [5.41, 5.74) is 1.10. The number of rotatable bonds is 6. The molecule has 0 bridgehead atoms. The number of nitrogens with zero attached hydrogens (tertiary/aromatic N) is 2. The molecule has 1 N–H and O–H groups in total. The van der Waals surface area contributed by atoms with Gasteiger partial charge in [0.25, 0.3) is 0 Å². The maximum absolute atomic E-state index is 6.25. The van der Waals surface area contributed by atoms with Crippen molar-refractivity contribution in [2.75, 3.05) is 6.54 Å². The van der Waals surface area contributed by atoms with E-state index in [0.29, 0.717) is 0 Å². The summed E-state index contributed by atoms with van der Waals surface area (Å²) in [6.07, 6.45) is 7.49. The Labute approximate surface area is 109 Å². The highest BCUT2D eigenvalue weighted by Gasteiger charge is 2.40. The van der Waals surface area contributed by atoms with Crippen molar-refractivity contribution in [2.45, 2.75) is 57.1 Å². The first-order valence-electron chi connectivity index (χ1n) is 7.10. The molecule has 2 aliphatic carbocycles. The van der Waals surface area contributed by atoms with Crippen molar-refractivity contribution >= 4 is 0 Å². The summed E-state index contributed by atoms with van der Waals surface area (Å²) in [6, 6.07) is 2.83. The molecule has 0 atom stereocenters. The van der Waals surface area contributed by atoms with Gasteiger partial charge >= 0.3 is 0 Å². The van der Waals surface area contributed by atoms with Crippen LogP contribution in [0, 0.1) is 6.92 Å². The Morgan fingerprint density at radius 3 is 2.78 bits per heavy atom. The van der Waals surface area contributed by atoms with Crippen molar-refractivity contribution in [3.63, 3.8) is 0 Å². The van der Waals surface area contributed by atoms with Gasteiger partial charge in [-0.2, -0.15) is 5.10 Å².